The van der Waals surface area contributed by atoms with Crippen molar-refractivity contribution in [2.75, 3.05) is 6.61 Å². The number of ether oxygens (including phenoxy) is 1. The van der Waals surface area contributed by atoms with Gasteiger partial charge in [0.2, 0.25) is 0 Å². The molecule has 0 unspecified atom stereocenters. The van der Waals surface area contributed by atoms with Gasteiger partial charge in [0.25, 0.3) is 0 Å². The van der Waals surface area contributed by atoms with Gasteiger partial charge in [-0.1, -0.05) is 6.92 Å². The van der Waals surface area contributed by atoms with E-state index in [2.05, 4.69) is 12.6 Å². The molecule has 0 atom stereocenters. The average molecular weight is 216 g/mol. The number of esters is 1. The summed E-state index contributed by atoms with van der Waals surface area (Å²) in [6, 6.07) is 1.85. The minimum atomic E-state index is -0.275. The Morgan fingerprint density at radius 1 is 1.62 bits per heavy atom. The number of thiol groups is 1. The summed E-state index contributed by atoms with van der Waals surface area (Å²) >= 11 is 5.75. The molecule has 0 radical (unpaired) electrons. The van der Waals surface area contributed by atoms with Crippen LogP contribution in [0.3, 0.4) is 0 Å². The first-order chi connectivity index (χ1) is 6.19. The predicted molar refractivity (Wildman–Crippen MR) is 56.9 cm³/mol. The molecule has 0 N–H and O–H groups in total. The van der Waals surface area contributed by atoms with E-state index in [0.717, 1.165) is 15.5 Å². The summed E-state index contributed by atoms with van der Waals surface area (Å²) in [6.07, 6.45) is 0.928. The Bertz CT molecular complexity index is 305. The lowest BCUT2D eigenvalue weighted by Crippen LogP contribution is -2.03. The highest BCUT2D eigenvalue weighted by molar-refractivity contribution is 7.83. The van der Waals surface area contributed by atoms with Gasteiger partial charge >= 0.3 is 5.97 Å². The largest absolute Gasteiger partial charge is 0.462 e. The van der Waals surface area contributed by atoms with Crippen molar-refractivity contribution < 1.29 is 9.53 Å². The Balaban J connectivity index is 2.87. The summed E-state index contributed by atoms with van der Waals surface area (Å²) in [4.78, 5) is 12.5. The molecular formula is C9H12O2S2. The van der Waals surface area contributed by atoms with E-state index < -0.39 is 0 Å². The van der Waals surface area contributed by atoms with Crippen LogP contribution in [0.4, 0.5) is 0 Å². The Labute approximate surface area is 87.3 Å². The molecular weight excluding hydrogens is 204 g/mol. The molecule has 1 heterocycles. The van der Waals surface area contributed by atoms with Gasteiger partial charge in [0.15, 0.2) is 0 Å². The maximum atomic E-state index is 11.3. The van der Waals surface area contributed by atoms with Crippen LogP contribution in [0.15, 0.2) is 10.3 Å². The Morgan fingerprint density at radius 2 is 2.31 bits per heavy atom. The second-order valence-corrected chi connectivity index (χ2v) is 4.39. The maximum absolute atomic E-state index is 11.3. The van der Waals surface area contributed by atoms with Crippen LogP contribution in [0.25, 0.3) is 0 Å². The van der Waals surface area contributed by atoms with Gasteiger partial charge in [-0.15, -0.1) is 24.0 Å². The molecule has 0 saturated heterocycles. The smallest absolute Gasteiger partial charge is 0.340 e. The van der Waals surface area contributed by atoms with Crippen LogP contribution < -0.4 is 0 Å². The number of aryl methyl sites for hydroxylation is 1. The van der Waals surface area contributed by atoms with Crippen molar-refractivity contribution in [2.45, 2.75) is 24.5 Å². The molecule has 1 rings (SSSR count). The molecule has 0 bridgehead atoms. The summed E-state index contributed by atoms with van der Waals surface area (Å²) in [5.74, 6) is -0.275. The zero-order chi connectivity index (χ0) is 9.84. The maximum Gasteiger partial charge on any atom is 0.340 e. The third kappa shape index (κ3) is 2.48. The second kappa shape index (κ2) is 4.67. The van der Waals surface area contributed by atoms with Crippen molar-refractivity contribution >= 4 is 29.9 Å². The molecule has 0 aliphatic rings. The number of rotatable bonds is 3. The van der Waals surface area contributed by atoms with Crippen molar-refractivity contribution in [3.63, 3.8) is 0 Å². The molecule has 0 aliphatic heterocycles. The number of hydrogen-bond donors (Lipinski definition) is 1. The predicted octanol–water partition coefficient (Wildman–Crippen LogP) is 2.78. The van der Waals surface area contributed by atoms with Crippen molar-refractivity contribution in [2.24, 2.45) is 0 Å². The van der Waals surface area contributed by atoms with Gasteiger partial charge in [-0.05, 0) is 19.4 Å². The topological polar surface area (TPSA) is 26.3 Å². The van der Waals surface area contributed by atoms with E-state index in [9.17, 15) is 4.79 Å². The number of carbonyl (C=O) groups is 1. The minimum absolute atomic E-state index is 0.275. The molecule has 0 saturated carbocycles. The molecule has 0 aliphatic carbocycles. The zero-order valence-electron chi connectivity index (χ0n) is 7.66. The van der Waals surface area contributed by atoms with Crippen LogP contribution in [-0.4, -0.2) is 12.6 Å². The Morgan fingerprint density at radius 3 is 2.77 bits per heavy atom. The highest BCUT2D eigenvalue weighted by Crippen LogP contribution is 2.26. The van der Waals surface area contributed by atoms with Crippen molar-refractivity contribution in [1.82, 2.24) is 0 Å². The third-order valence-corrected chi connectivity index (χ3v) is 3.20. The van der Waals surface area contributed by atoms with Gasteiger partial charge in [-0.2, -0.15) is 0 Å². The number of hydrogen-bond acceptors (Lipinski definition) is 4. The van der Waals surface area contributed by atoms with Crippen molar-refractivity contribution in [3.05, 3.63) is 16.5 Å². The van der Waals surface area contributed by atoms with Crippen LogP contribution >= 0.6 is 24.0 Å². The van der Waals surface area contributed by atoms with Crippen molar-refractivity contribution in [3.8, 4) is 0 Å². The van der Waals surface area contributed by atoms with Crippen LogP contribution in [0.5, 0.6) is 0 Å². The van der Waals surface area contributed by atoms with Crippen LogP contribution in [0.2, 0.25) is 0 Å². The fourth-order valence-electron chi connectivity index (χ4n) is 0.961. The second-order valence-electron chi connectivity index (χ2n) is 2.51. The zero-order valence-corrected chi connectivity index (χ0v) is 9.37. The lowest BCUT2D eigenvalue weighted by atomic mass is 10.3. The van der Waals surface area contributed by atoms with Gasteiger partial charge in [0, 0.05) is 4.88 Å². The van der Waals surface area contributed by atoms with Crippen LogP contribution in [0, 0.1) is 0 Å². The van der Waals surface area contributed by atoms with E-state index >= 15 is 0 Å². The van der Waals surface area contributed by atoms with Gasteiger partial charge in [-0.25, -0.2) is 4.79 Å². The van der Waals surface area contributed by atoms with E-state index in [4.69, 9.17) is 4.74 Å². The standard InChI is InChI=1S/C9H12O2S2/c1-3-6-5-7(9(12)13-6)8(10)11-4-2/h5,12H,3-4H2,1-2H3. The van der Waals surface area contributed by atoms with Gasteiger partial charge in [0.05, 0.1) is 16.4 Å². The SMILES string of the molecule is CCOC(=O)c1cc(CC)sc1S. The summed E-state index contributed by atoms with van der Waals surface area (Å²) in [5, 5.41) is 0. The molecule has 0 fully saturated rings. The first-order valence-corrected chi connectivity index (χ1v) is 5.44. The summed E-state index contributed by atoms with van der Waals surface area (Å²) in [6.45, 7) is 4.25. The molecule has 0 spiro atoms. The average Bonchev–Trinajstić information content (AvgIpc) is 2.47. The van der Waals surface area contributed by atoms with E-state index in [1.165, 1.54) is 11.3 Å². The first-order valence-electron chi connectivity index (χ1n) is 4.17. The van der Waals surface area contributed by atoms with Crippen molar-refractivity contribution in [1.29, 1.82) is 0 Å². The molecule has 13 heavy (non-hydrogen) atoms. The number of thiophene rings is 1. The number of carbonyl (C=O) groups excluding carboxylic acids is 1. The van der Waals surface area contributed by atoms with Crippen LogP contribution in [0.1, 0.15) is 29.1 Å². The minimum Gasteiger partial charge on any atom is -0.462 e. The molecule has 4 heteroatoms. The van der Waals surface area contributed by atoms with E-state index in [1.807, 2.05) is 13.0 Å². The lowest BCUT2D eigenvalue weighted by molar-refractivity contribution is 0.0523. The molecule has 72 valence electrons. The molecule has 2 nitrogen and oxygen atoms in total. The Kier molecular flexibility index (Phi) is 3.81. The summed E-state index contributed by atoms with van der Waals surface area (Å²) in [7, 11) is 0. The van der Waals surface area contributed by atoms with Gasteiger partial charge in [0.1, 0.15) is 0 Å². The van der Waals surface area contributed by atoms with Gasteiger partial charge < -0.3 is 4.74 Å². The quantitative estimate of drug-likeness (QED) is 0.621. The fourth-order valence-corrected chi connectivity index (χ4v) is 2.29. The third-order valence-electron chi connectivity index (χ3n) is 1.61. The summed E-state index contributed by atoms with van der Waals surface area (Å²) < 4.78 is 5.63. The molecule has 0 aromatic carbocycles. The Hall–Kier alpha value is -0.480. The molecule has 1 aromatic heterocycles. The fraction of sp³-hybridized carbons (Fsp3) is 0.444. The summed E-state index contributed by atoms with van der Waals surface area (Å²) in [5.41, 5.74) is 0.590. The first kappa shape index (κ1) is 10.6. The lowest BCUT2D eigenvalue weighted by Gasteiger charge is -1.98. The van der Waals surface area contributed by atoms with Crippen LogP contribution in [-0.2, 0) is 11.2 Å². The van der Waals surface area contributed by atoms with E-state index in [0.29, 0.717) is 12.2 Å². The normalized spacial score (nSPS) is 10.1. The molecule has 1 aromatic rings. The van der Waals surface area contributed by atoms with E-state index in [1.54, 1.807) is 6.92 Å². The molecule has 0 amide bonds. The monoisotopic (exact) mass is 216 g/mol. The highest BCUT2D eigenvalue weighted by Gasteiger charge is 2.13. The van der Waals surface area contributed by atoms with E-state index in [-0.39, 0.29) is 5.97 Å². The van der Waals surface area contributed by atoms with Gasteiger partial charge in [-0.3, -0.25) is 0 Å². The highest BCUT2D eigenvalue weighted by atomic mass is 32.2.